The minimum Gasteiger partial charge on any atom is -0.436 e. The van der Waals surface area contributed by atoms with Crippen LogP contribution in [0, 0.1) is 12.8 Å². The van der Waals surface area contributed by atoms with Crippen molar-refractivity contribution in [3.05, 3.63) is 83.9 Å². The Kier molecular flexibility index (Phi) is 5.65. The summed E-state index contributed by atoms with van der Waals surface area (Å²) in [6.07, 6.45) is 1.58. The molecule has 6 heteroatoms. The molecule has 166 valence electrons. The van der Waals surface area contributed by atoms with E-state index in [1.54, 1.807) is 4.90 Å². The number of piperidine rings is 1. The van der Waals surface area contributed by atoms with Crippen LogP contribution < -0.4 is 5.32 Å². The molecule has 0 bridgehead atoms. The molecule has 1 unspecified atom stereocenters. The van der Waals surface area contributed by atoms with Crippen LogP contribution in [0.4, 0.5) is 5.69 Å². The summed E-state index contributed by atoms with van der Waals surface area (Å²) < 4.78 is 5.81. The normalized spacial score (nSPS) is 16.0. The molecule has 0 spiro atoms. The van der Waals surface area contributed by atoms with Gasteiger partial charge in [-0.3, -0.25) is 9.59 Å². The van der Waals surface area contributed by atoms with Crippen molar-refractivity contribution < 1.29 is 14.0 Å². The molecule has 1 atom stereocenters. The third-order valence-electron chi connectivity index (χ3n) is 6.07. The van der Waals surface area contributed by atoms with Crippen LogP contribution in [0.15, 0.2) is 77.2 Å². The molecular formula is C27H25N3O3. The van der Waals surface area contributed by atoms with Gasteiger partial charge < -0.3 is 14.6 Å². The van der Waals surface area contributed by atoms with Gasteiger partial charge in [0.05, 0.1) is 5.92 Å². The van der Waals surface area contributed by atoms with Crippen molar-refractivity contribution in [1.29, 1.82) is 0 Å². The van der Waals surface area contributed by atoms with Crippen molar-refractivity contribution in [1.82, 2.24) is 9.88 Å². The van der Waals surface area contributed by atoms with Crippen LogP contribution in [0.3, 0.4) is 0 Å². The quantitative estimate of drug-likeness (QED) is 0.469. The molecule has 33 heavy (non-hydrogen) atoms. The number of likely N-dealkylation sites (tertiary alicyclic amines) is 1. The van der Waals surface area contributed by atoms with Crippen molar-refractivity contribution >= 4 is 28.6 Å². The molecule has 6 nitrogen and oxygen atoms in total. The van der Waals surface area contributed by atoms with Crippen molar-refractivity contribution in [3.8, 4) is 11.5 Å². The van der Waals surface area contributed by atoms with Crippen LogP contribution in [-0.4, -0.2) is 34.8 Å². The average Bonchev–Trinajstić information content (AvgIpc) is 3.29. The number of nitrogens with one attached hydrogen (secondary N) is 1. The highest BCUT2D eigenvalue weighted by molar-refractivity contribution is 5.96. The number of hydrogen-bond acceptors (Lipinski definition) is 4. The van der Waals surface area contributed by atoms with Gasteiger partial charge in [-0.25, -0.2) is 4.98 Å². The number of anilines is 1. The maximum absolute atomic E-state index is 12.9. The highest BCUT2D eigenvalue weighted by atomic mass is 16.3. The number of amides is 2. The lowest BCUT2D eigenvalue weighted by Gasteiger charge is -2.32. The third kappa shape index (κ3) is 4.51. The number of hydrogen-bond donors (Lipinski definition) is 1. The zero-order valence-electron chi connectivity index (χ0n) is 18.5. The fraction of sp³-hybridized carbons (Fsp3) is 0.222. The first kappa shape index (κ1) is 20.9. The second-order valence-corrected chi connectivity index (χ2v) is 8.51. The maximum Gasteiger partial charge on any atom is 0.253 e. The minimum atomic E-state index is -0.232. The van der Waals surface area contributed by atoms with E-state index in [4.69, 9.17) is 4.42 Å². The highest BCUT2D eigenvalue weighted by Gasteiger charge is 2.29. The monoisotopic (exact) mass is 439 g/mol. The van der Waals surface area contributed by atoms with Crippen LogP contribution in [0.5, 0.6) is 0 Å². The second kappa shape index (κ2) is 8.90. The summed E-state index contributed by atoms with van der Waals surface area (Å²) in [6.45, 7) is 3.10. The zero-order chi connectivity index (χ0) is 22.8. The molecule has 2 heterocycles. The lowest BCUT2D eigenvalue weighted by molar-refractivity contribution is -0.121. The number of aromatic nitrogens is 1. The molecule has 1 N–H and O–H groups in total. The minimum absolute atomic E-state index is 0.0183. The fourth-order valence-electron chi connectivity index (χ4n) is 4.19. The van der Waals surface area contributed by atoms with Gasteiger partial charge in [-0.2, -0.15) is 0 Å². The molecule has 1 aliphatic heterocycles. The summed E-state index contributed by atoms with van der Waals surface area (Å²) in [5, 5.41) is 3.00. The largest absolute Gasteiger partial charge is 0.436 e. The number of fused-ring (bicyclic) bond motifs is 1. The lowest BCUT2D eigenvalue weighted by atomic mass is 9.96. The predicted octanol–water partition coefficient (Wildman–Crippen LogP) is 5.29. The molecule has 1 aliphatic rings. The predicted molar refractivity (Wildman–Crippen MR) is 128 cm³/mol. The smallest absolute Gasteiger partial charge is 0.253 e. The molecule has 0 saturated carbocycles. The van der Waals surface area contributed by atoms with E-state index in [1.807, 2.05) is 79.7 Å². The SMILES string of the molecule is Cc1ccc(C(=O)N2CCCC(C(=O)Nc3ccc(-c4nc5ccccc5o4)cc3)C2)cc1. The van der Waals surface area contributed by atoms with E-state index in [-0.39, 0.29) is 17.7 Å². The number of carbonyl (C=O) groups is 2. The van der Waals surface area contributed by atoms with E-state index in [9.17, 15) is 9.59 Å². The molecule has 0 radical (unpaired) electrons. The lowest BCUT2D eigenvalue weighted by Crippen LogP contribution is -2.43. The van der Waals surface area contributed by atoms with Gasteiger partial charge in [-0.1, -0.05) is 29.8 Å². The van der Waals surface area contributed by atoms with Crippen molar-refractivity contribution in [3.63, 3.8) is 0 Å². The Hall–Kier alpha value is -3.93. The van der Waals surface area contributed by atoms with Crippen molar-refractivity contribution in [2.75, 3.05) is 18.4 Å². The van der Waals surface area contributed by atoms with Crippen LogP contribution >= 0.6 is 0 Å². The van der Waals surface area contributed by atoms with E-state index in [1.165, 1.54) is 0 Å². The zero-order valence-corrected chi connectivity index (χ0v) is 18.5. The molecule has 4 aromatic rings. The topological polar surface area (TPSA) is 75.4 Å². The number of benzene rings is 3. The van der Waals surface area contributed by atoms with Crippen LogP contribution in [0.2, 0.25) is 0 Å². The second-order valence-electron chi connectivity index (χ2n) is 8.51. The van der Waals surface area contributed by atoms with E-state index in [2.05, 4.69) is 10.3 Å². The molecule has 2 amide bonds. The summed E-state index contributed by atoms with van der Waals surface area (Å²) in [6, 6.07) is 22.7. The average molecular weight is 440 g/mol. The summed E-state index contributed by atoms with van der Waals surface area (Å²) in [7, 11) is 0. The highest BCUT2D eigenvalue weighted by Crippen LogP contribution is 2.26. The van der Waals surface area contributed by atoms with Gasteiger partial charge in [-0.05, 0) is 68.3 Å². The molecule has 1 aromatic heterocycles. The number of aryl methyl sites for hydroxylation is 1. The molecule has 1 fully saturated rings. The summed E-state index contributed by atoms with van der Waals surface area (Å²) in [4.78, 5) is 32.1. The van der Waals surface area contributed by atoms with Crippen LogP contribution in [-0.2, 0) is 4.79 Å². The van der Waals surface area contributed by atoms with Crippen molar-refractivity contribution in [2.24, 2.45) is 5.92 Å². The number of nitrogens with zero attached hydrogens (tertiary/aromatic N) is 2. The van der Waals surface area contributed by atoms with Gasteiger partial charge in [0.25, 0.3) is 5.91 Å². The standard InChI is InChI=1S/C27H25N3O3/c1-18-8-10-20(11-9-18)27(32)30-16-4-5-21(17-30)25(31)28-22-14-12-19(13-15-22)26-29-23-6-2-3-7-24(23)33-26/h2-3,6-15,21H,4-5,16-17H2,1H3,(H,28,31). The summed E-state index contributed by atoms with van der Waals surface area (Å²) >= 11 is 0. The Bertz CT molecular complexity index is 1260. The Morgan fingerprint density at radius 2 is 1.76 bits per heavy atom. The first-order valence-corrected chi connectivity index (χ1v) is 11.2. The van der Waals surface area contributed by atoms with E-state index < -0.39 is 0 Å². The number of oxazole rings is 1. The number of para-hydroxylation sites is 2. The fourth-order valence-corrected chi connectivity index (χ4v) is 4.19. The summed E-state index contributed by atoms with van der Waals surface area (Å²) in [5.74, 6) is 0.234. The van der Waals surface area contributed by atoms with Gasteiger partial charge in [0.1, 0.15) is 5.52 Å². The van der Waals surface area contributed by atoms with Crippen LogP contribution in [0.25, 0.3) is 22.6 Å². The molecule has 0 aliphatic carbocycles. The number of rotatable bonds is 4. The molecule has 3 aromatic carbocycles. The first-order valence-electron chi connectivity index (χ1n) is 11.2. The molecular weight excluding hydrogens is 414 g/mol. The van der Waals surface area contributed by atoms with E-state index >= 15 is 0 Å². The van der Waals surface area contributed by atoms with E-state index in [0.717, 1.165) is 35.1 Å². The van der Waals surface area contributed by atoms with Crippen molar-refractivity contribution in [2.45, 2.75) is 19.8 Å². The Morgan fingerprint density at radius 1 is 1.00 bits per heavy atom. The van der Waals surface area contributed by atoms with Gasteiger partial charge in [-0.15, -0.1) is 0 Å². The maximum atomic E-state index is 12.9. The molecule has 1 saturated heterocycles. The summed E-state index contributed by atoms with van der Waals surface area (Å²) in [5.41, 5.74) is 4.89. The third-order valence-corrected chi connectivity index (χ3v) is 6.07. The first-order chi connectivity index (χ1) is 16.1. The van der Waals surface area contributed by atoms with Gasteiger partial charge in [0.15, 0.2) is 5.58 Å². The Balaban J connectivity index is 1.23. The van der Waals surface area contributed by atoms with Gasteiger partial charge in [0.2, 0.25) is 11.8 Å². The van der Waals surface area contributed by atoms with Crippen LogP contribution in [0.1, 0.15) is 28.8 Å². The molecule has 5 rings (SSSR count). The Labute approximate surface area is 192 Å². The Morgan fingerprint density at radius 3 is 2.52 bits per heavy atom. The number of carbonyl (C=O) groups excluding carboxylic acids is 2. The van der Waals surface area contributed by atoms with Gasteiger partial charge >= 0.3 is 0 Å². The van der Waals surface area contributed by atoms with E-state index in [0.29, 0.717) is 30.2 Å². The van der Waals surface area contributed by atoms with Gasteiger partial charge in [0, 0.05) is 29.9 Å².